The summed E-state index contributed by atoms with van der Waals surface area (Å²) in [6, 6.07) is 0. The van der Waals surface area contributed by atoms with Gasteiger partial charge in [0.15, 0.2) is 12.5 Å². The summed E-state index contributed by atoms with van der Waals surface area (Å²) in [5, 5.41) is 19.7. The topological polar surface area (TPSA) is 113 Å². The van der Waals surface area contributed by atoms with Gasteiger partial charge in [-0.25, -0.2) is 9.78 Å². The van der Waals surface area contributed by atoms with Gasteiger partial charge in [-0.15, -0.1) is 0 Å². The van der Waals surface area contributed by atoms with Crippen molar-refractivity contribution in [2.24, 2.45) is 0 Å². The number of aromatic nitrogens is 1. The standard InChI is InChI=1S/C9H12N2O5/c1-5-7(16-4-11-5)8(13)10-3-2-6(12)9(14)15/h4,6,12H,2-3H2,1H3,(H,10,13)(H,14,15)/t6-/m0/s1. The minimum absolute atomic E-state index is 0.0481. The number of nitrogens with zero attached hydrogens (tertiary/aromatic N) is 1. The predicted octanol–water partition coefficient (Wildman–Crippen LogP) is -0.452. The van der Waals surface area contributed by atoms with E-state index in [1.807, 2.05) is 0 Å². The number of rotatable bonds is 5. The molecule has 7 nitrogen and oxygen atoms in total. The molecule has 0 radical (unpaired) electrons. The van der Waals surface area contributed by atoms with E-state index in [4.69, 9.17) is 14.6 Å². The Labute approximate surface area is 91.1 Å². The Balaban J connectivity index is 2.37. The predicted molar refractivity (Wildman–Crippen MR) is 51.8 cm³/mol. The lowest BCUT2D eigenvalue weighted by Gasteiger charge is -2.05. The van der Waals surface area contributed by atoms with Crippen molar-refractivity contribution < 1.29 is 24.2 Å². The fourth-order valence-corrected chi connectivity index (χ4v) is 1.05. The number of amides is 1. The molecule has 88 valence electrons. The lowest BCUT2D eigenvalue weighted by atomic mass is 10.2. The molecule has 16 heavy (non-hydrogen) atoms. The van der Waals surface area contributed by atoms with E-state index >= 15 is 0 Å². The van der Waals surface area contributed by atoms with Crippen LogP contribution in [0.3, 0.4) is 0 Å². The molecule has 0 fully saturated rings. The van der Waals surface area contributed by atoms with Gasteiger partial charge < -0.3 is 19.9 Å². The van der Waals surface area contributed by atoms with Gasteiger partial charge in [0.1, 0.15) is 0 Å². The van der Waals surface area contributed by atoms with Crippen LogP contribution in [0.25, 0.3) is 0 Å². The first kappa shape index (κ1) is 12.2. The fourth-order valence-electron chi connectivity index (χ4n) is 1.05. The number of aliphatic hydroxyl groups is 1. The van der Waals surface area contributed by atoms with Gasteiger partial charge >= 0.3 is 5.97 Å². The van der Waals surface area contributed by atoms with E-state index in [9.17, 15) is 9.59 Å². The average Bonchev–Trinajstić information content (AvgIpc) is 2.64. The van der Waals surface area contributed by atoms with E-state index < -0.39 is 18.0 Å². The van der Waals surface area contributed by atoms with Crippen molar-refractivity contribution >= 4 is 11.9 Å². The number of hydrogen-bond donors (Lipinski definition) is 3. The van der Waals surface area contributed by atoms with Crippen molar-refractivity contribution in [1.29, 1.82) is 0 Å². The van der Waals surface area contributed by atoms with Crippen LogP contribution in [0.4, 0.5) is 0 Å². The van der Waals surface area contributed by atoms with Crippen LogP contribution in [-0.4, -0.2) is 39.7 Å². The van der Waals surface area contributed by atoms with Gasteiger partial charge in [-0.05, 0) is 6.92 Å². The number of aliphatic hydroxyl groups excluding tert-OH is 1. The summed E-state index contributed by atoms with van der Waals surface area (Å²) in [6.07, 6.45) is -0.388. The summed E-state index contributed by atoms with van der Waals surface area (Å²) in [5.41, 5.74) is 0.455. The first-order chi connectivity index (χ1) is 7.52. The quantitative estimate of drug-likeness (QED) is 0.629. The SMILES string of the molecule is Cc1ncoc1C(=O)NCC[C@H](O)C(=O)O. The highest BCUT2D eigenvalue weighted by Crippen LogP contribution is 2.04. The highest BCUT2D eigenvalue weighted by atomic mass is 16.4. The highest BCUT2D eigenvalue weighted by molar-refractivity contribution is 5.92. The zero-order chi connectivity index (χ0) is 12.1. The van der Waals surface area contributed by atoms with Gasteiger partial charge in [-0.1, -0.05) is 0 Å². The summed E-state index contributed by atoms with van der Waals surface area (Å²) < 4.78 is 4.83. The monoisotopic (exact) mass is 228 g/mol. The first-order valence-corrected chi connectivity index (χ1v) is 4.61. The minimum Gasteiger partial charge on any atom is -0.479 e. The molecular weight excluding hydrogens is 216 g/mol. The van der Waals surface area contributed by atoms with Crippen LogP contribution in [-0.2, 0) is 4.79 Å². The second-order valence-corrected chi connectivity index (χ2v) is 3.17. The zero-order valence-corrected chi connectivity index (χ0v) is 8.64. The molecule has 0 saturated carbocycles. The largest absolute Gasteiger partial charge is 0.479 e. The molecule has 1 aromatic rings. The van der Waals surface area contributed by atoms with Crippen molar-refractivity contribution in [2.45, 2.75) is 19.4 Å². The van der Waals surface area contributed by atoms with Crippen molar-refractivity contribution in [3.05, 3.63) is 17.8 Å². The van der Waals surface area contributed by atoms with Gasteiger partial charge in [0, 0.05) is 13.0 Å². The third-order valence-electron chi connectivity index (χ3n) is 1.94. The molecule has 0 aliphatic heterocycles. The van der Waals surface area contributed by atoms with Gasteiger partial charge in [0.05, 0.1) is 5.69 Å². The third kappa shape index (κ3) is 3.06. The highest BCUT2D eigenvalue weighted by Gasteiger charge is 2.16. The number of hydrogen-bond acceptors (Lipinski definition) is 5. The molecule has 1 atom stereocenters. The number of carboxylic acid groups (broad SMARTS) is 1. The number of oxazole rings is 1. The Morgan fingerprint density at radius 1 is 1.62 bits per heavy atom. The Kier molecular flexibility index (Phi) is 4.01. The maximum atomic E-state index is 11.4. The van der Waals surface area contributed by atoms with E-state index in [1.165, 1.54) is 0 Å². The Morgan fingerprint density at radius 2 is 2.31 bits per heavy atom. The lowest BCUT2D eigenvalue weighted by molar-refractivity contribution is -0.146. The van der Waals surface area contributed by atoms with E-state index in [-0.39, 0.29) is 18.7 Å². The summed E-state index contributed by atoms with van der Waals surface area (Å²) in [5.74, 6) is -1.71. The summed E-state index contributed by atoms with van der Waals surface area (Å²) in [6.45, 7) is 1.66. The number of carbonyl (C=O) groups is 2. The van der Waals surface area contributed by atoms with Gasteiger partial charge in [-0.2, -0.15) is 0 Å². The fraction of sp³-hybridized carbons (Fsp3) is 0.444. The number of carboxylic acids is 1. The minimum atomic E-state index is -1.48. The van der Waals surface area contributed by atoms with Crippen molar-refractivity contribution in [1.82, 2.24) is 10.3 Å². The normalized spacial score (nSPS) is 12.1. The molecule has 7 heteroatoms. The van der Waals surface area contributed by atoms with E-state index in [0.717, 1.165) is 6.39 Å². The van der Waals surface area contributed by atoms with Crippen LogP contribution in [0.2, 0.25) is 0 Å². The van der Waals surface area contributed by atoms with E-state index in [1.54, 1.807) is 6.92 Å². The van der Waals surface area contributed by atoms with Gasteiger partial charge in [0.25, 0.3) is 5.91 Å². The lowest BCUT2D eigenvalue weighted by Crippen LogP contribution is -2.30. The van der Waals surface area contributed by atoms with Gasteiger partial charge in [0.2, 0.25) is 5.76 Å². The smallest absolute Gasteiger partial charge is 0.332 e. The maximum Gasteiger partial charge on any atom is 0.332 e. The number of aryl methyl sites for hydroxylation is 1. The first-order valence-electron chi connectivity index (χ1n) is 4.61. The van der Waals surface area contributed by atoms with E-state index in [0.29, 0.717) is 5.69 Å². The van der Waals surface area contributed by atoms with Crippen molar-refractivity contribution in [3.8, 4) is 0 Å². The molecule has 1 heterocycles. The Bertz CT molecular complexity index is 387. The Hall–Kier alpha value is -1.89. The molecule has 0 saturated heterocycles. The number of nitrogens with one attached hydrogen (secondary N) is 1. The summed E-state index contributed by atoms with van der Waals surface area (Å²) in [4.78, 5) is 25.4. The number of carbonyl (C=O) groups excluding carboxylic acids is 1. The molecule has 0 bridgehead atoms. The average molecular weight is 228 g/mol. The second kappa shape index (κ2) is 5.26. The van der Waals surface area contributed by atoms with Crippen LogP contribution in [0, 0.1) is 6.92 Å². The summed E-state index contributed by atoms with van der Waals surface area (Å²) >= 11 is 0. The zero-order valence-electron chi connectivity index (χ0n) is 8.64. The number of aliphatic carboxylic acids is 1. The van der Waals surface area contributed by atoms with Crippen molar-refractivity contribution in [3.63, 3.8) is 0 Å². The Morgan fingerprint density at radius 3 is 2.81 bits per heavy atom. The van der Waals surface area contributed by atoms with Crippen LogP contribution in [0.1, 0.15) is 22.7 Å². The van der Waals surface area contributed by atoms with Gasteiger partial charge in [-0.3, -0.25) is 4.79 Å². The van der Waals surface area contributed by atoms with Crippen molar-refractivity contribution in [2.75, 3.05) is 6.54 Å². The van der Waals surface area contributed by atoms with Crippen LogP contribution in [0.15, 0.2) is 10.8 Å². The molecule has 0 aliphatic rings. The molecule has 0 unspecified atom stereocenters. The van der Waals surface area contributed by atoms with Crippen LogP contribution < -0.4 is 5.32 Å². The van der Waals surface area contributed by atoms with Crippen LogP contribution >= 0.6 is 0 Å². The summed E-state index contributed by atoms with van der Waals surface area (Å²) in [7, 11) is 0. The molecule has 1 rings (SSSR count). The maximum absolute atomic E-state index is 11.4. The molecular formula is C9H12N2O5. The molecule has 0 aliphatic carbocycles. The molecule has 1 amide bonds. The molecule has 1 aromatic heterocycles. The molecule has 0 spiro atoms. The second-order valence-electron chi connectivity index (χ2n) is 3.17. The third-order valence-corrected chi connectivity index (χ3v) is 1.94. The molecule has 3 N–H and O–H groups in total. The molecule has 0 aromatic carbocycles. The van der Waals surface area contributed by atoms with E-state index in [2.05, 4.69) is 10.3 Å². The van der Waals surface area contributed by atoms with Crippen LogP contribution in [0.5, 0.6) is 0 Å².